The zero-order chi connectivity index (χ0) is 22.0. The molecule has 0 saturated heterocycles. The van der Waals surface area contributed by atoms with Gasteiger partial charge >= 0.3 is 0 Å². The van der Waals surface area contributed by atoms with Gasteiger partial charge in [-0.3, -0.25) is 14.6 Å². The van der Waals surface area contributed by atoms with Crippen molar-refractivity contribution in [3.8, 4) is 11.5 Å². The second-order valence-corrected chi connectivity index (χ2v) is 7.22. The van der Waals surface area contributed by atoms with Crippen LogP contribution in [-0.4, -0.2) is 43.0 Å². The Morgan fingerprint density at radius 3 is 2.61 bits per heavy atom. The summed E-state index contributed by atoms with van der Waals surface area (Å²) >= 11 is 0. The summed E-state index contributed by atoms with van der Waals surface area (Å²) in [7, 11) is 4.71. The summed E-state index contributed by atoms with van der Waals surface area (Å²) in [5.41, 5.74) is 1.74. The van der Waals surface area contributed by atoms with Gasteiger partial charge in [0.05, 0.1) is 39.0 Å². The molecule has 0 radical (unpaired) electrons. The van der Waals surface area contributed by atoms with Gasteiger partial charge in [0.1, 0.15) is 5.76 Å². The van der Waals surface area contributed by atoms with Crippen LogP contribution in [0.25, 0.3) is 0 Å². The SMILES string of the molecule is COc1cc2c(cc1OC)C(C(=O)NCc1ccco1)C(c1cccnc1)N(C)C2=O. The van der Waals surface area contributed by atoms with Crippen molar-refractivity contribution in [1.82, 2.24) is 15.2 Å². The van der Waals surface area contributed by atoms with E-state index in [2.05, 4.69) is 10.3 Å². The number of methoxy groups -OCH3 is 2. The third-order valence-corrected chi connectivity index (χ3v) is 5.50. The molecule has 0 saturated carbocycles. The van der Waals surface area contributed by atoms with E-state index in [-0.39, 0.29) is 18.4 Å². The van der Waals surface area contributed by atoms with Crippen LogP contribution in [0.2, 0.25) is 0 Å². The lowest BCUT2D eigenvalue weighted by molar-refractivity contribution is -0.124. The van der Waals surface area contributed by atoms with Crippen molar-refractivity contribution in [1.29, 1.82) is 0 Å². The van der Waals surface area contributed by atoms with Crippen molar-refractivity contribution >= 4 is 11.8 Å². The van der Waals surface area contributed by atoms with Gasteiger partial charge in [-0.25, -0.2) is 0 Å². The fourth-order valence-corrected chi connectivity index (χ4v) is 4.00. The van der Waals surface area contributed by atoms with E-state index in [1.165, 1.54) is 14.2 Å². The van der Waals surface area contributed by atoms with Gasteiger partial charge in [0, 0.05) is 25.0 Å². The summed E-state index contributed by atoms with van der Waals surface area (Å²) in [6, 6.07) is 9.99. The normalized spacial score (nSPS) is 17.8. The van der Waals surface area contributed by atoms with Gasteiger partial charge in [0.2, 0.25) is 5.91 Å². The maximum atomic E-state index is 13.5. The van der Waals surface area contributed by atoms with Gasteiger partial charge < -0.3 is 24.1 Å². The molecule has 8 nitrogen and oxygen atoms in total. The zero-order valence-electron chi connectivity index (χ0n) is 17.5. The van der Waals surface area contributed by atoms with E-state index in [9.17, 15) is 9.59 Å². The number of rotatable bonds is 6. The molecule has 8 heteroatoms. The summed E-state index contributed by atoms with van der Waals surface area (Å²) in [5, 5.41) is 2.93. The van der Waals surface area contributed by atoms with Gasteiger partial charge in [0.25, 0.3) is 5.91 Å². The quantitative estimate of drug-likeness (QED) is 0.658. The molecule has 1 aromatic carbocycles. The number of nitrogens with one attached hydrogen (secondary N) is 1. The Morgan fingerprint density at radius 1 is 1.19 bits per heavy atom. The Bertz CT molecular complexity index is 1080. The number of pyridine rings is 1. The topological polar surface area (TPSA) is 93.9 Å². The van der Waals surface area contributed by atoms with Gasteiger partial charge in [-0.15, -0.1) is 0 Å². The van der Waals surface area contributed by atoms with Crippen molar-refractivity contribution in [2.45, 2.75) is 18.5 Å². The van der Waals surface area contributed by atoms with Crippen LogP contribution in [0.4, 0.5) is 0 Å². The van der Waals surface area contributed by atoms with Gasteiger partial charge in [-0.2, -0.15) is 0 Å². The molecule has 160 valence electrons. The number of likely N-dealkylation sites (N-methyl/N-ethyl adjacent to an activating group) is 1. The second kappa shape index (κ2) is 8.51. The Morgan fingerprint density at radius 2 is 1.97 bits per heavy atom. The molecule has 2 atom stereocenters. The minimum Gasteiger partial charge on any atom is -0.493 e. The molecule has 0 fully saturated rings. The van der Waals surface area contributed by atoms with Gasteiger partial charge in [-0.1, -0.05) is 6.07 Å². The van der Waals surface area contributed by atoms with Crippen LogP contribution in [0.1, 0.15) is 39.2 Å². The lowest BCUT2D eigenvalue weighted by Gasteiger charge is -2.39. The molecule has 0 aliphatic carbocycles. The highest BCUT2D eigenvalue weighted by Crippen LogP contribution is 2.45. The largest absolute Gasteiger partial charge is 0.493 e. The van der Waals surface area contributed by atoms with E-state index in [0.717, 1.165) is 5.56 Å². The van der Waals surface area contributed by atoms with E-state index in [0.29, 0.717) is 28.4 Å². The van der Waals surface area contributed by atoms with Crippen LogP contribution in [0.15, 0.2) is 59.5 Å². The minimum absolute atomic E-state index is 0.208. The fourth-order valence-electron chi connectivity index (χ4n) is 4.00. The monoisotopic (exact) mass is 421 g/mol. The lowest BCUT2D eigenvalue weighted by Crippen LogP contribution is -2.45. The molecule has 0 bridgehead atoms. The van der Waals surface area contributed by atoms with Crippen molar-refractivity contribution in [3.05, 3.63) is 77.5 Å². The van der Waals surface area contributed by atoms with Crippen LogP contribution in [0.3, 0.4) is 0 Å². The van der Waals surface area contributed by atoms with Gasteiger partial charge in [0.15, 0.2) is 11.5 Å². The van der Waals surface area contributed by atoms with Crippen LogP contribution in [0, 0.1) is 0 Å². The Balaban J connectivity index is 1.82. The number of nitrogens with zero attached hydrogens (tertiary/aromatic N) is 2. The fraction of sp³-hybridized carbons (Fsp3) is 0.261. The molecule has 2 unspecified atom stereocenters. The molecule has 3 heterocycles. The van der Waals surface area contributed by atoms with Crippen molar-refractivity contribution in [2.75, 3.05) is 21.3 Å². The molecule has 4 rings (SSSR count). The first-order valence-electron chi connectivity index (χ1n) is 9.78. The van der Waals surface area contributed by atoms with Crippen LogP contribution in [-0.2, 0) is 11.3 Å². The minimum atomic E-state index is -0.684. The number of carbonyl (C=O) groups is 2. The molecule has 0 spiro atoms. The van der Waals surface area contributed by atoms with Crippen molar-refractivity contribution < 1.29 is 23.5 Å². The Labute approximate surface area is 179 Å². The standard InChI is InChI=1S/C23H23N3O5/c1-26-21(14-6-4-8-24-12-14)20(22(27)25-13-15-7-5-9-31-15)16-10-18(29-2)19(30-3)11-17(16)23(26)28/h4-12,20-21H,13H2,1-3H3,(H,25,27). The number of hydrogen-bond donors (Lipinski definition) is 1. The molecular formula is C23H23N3O5. The first-order valence-corrected chi connectivity index (χ1v) is 9.78. The Hall–Kier alpha value is -3.81. The van der Waals surface area contributed by atoms with E-state index < -0.39 is 12.0 Å². The smallest absolute Gasteiger partial charge is 0.254 e. The summed E-state index contributed by atoms with van der Waals surface area (Å²) in [6.45, 7) is 0.238. The number of amides is 2. The first kappa shape index (κ1) is 20.5. The summed E-state index contributed by atoms with van der Waals surface area (Å²) in [5.74, 6) is 0.388. The average molecular weight is 421 g/mol. The molecule has 2 amide bonds. The summed E-state index contributed by atoms with van der Waals surface area (Å²) < 4.78 is 16.1. The van der Waals surface area contributed by atoms with E-state index in [1.54, 1.807) is 60.9 Å². The average Bonchev–Trinajstić information content (AvgIpc) is 3.33. The third kappa shape index (κ3) is 3.72. The number of fused-ring (bicyclic) bond motifs is 1. The van der Waals surface area contributed by atoms with Gasteiger partial charge in [-0.05, 0) is 41.5 Å². The van der Waals surface area contributed by atoms with E-state index >= 15 is 0 Å². The van der Waals surface area contributed by atoms with E-state index in [1.807, 2.05) is 6.07 Å². The molecule has 3 aromatic rings. The molecule has 1 aliphatic rings. The molecule has 1 N–H and O–H groups in total. The number of aromatic nitrogens is 1. The highest BCUT2D eigenvalue weighted by molar-refractivity contribution is 6.02. The maximum absolute atomic E-state index is 13.5. The van der Waals surface area contributed by atoms with Crippen molar-refractivity contribution in [2.24, 2.45) is 0 Å². The number of benzene rings is 1. The lowest BCUT2D eigenvalue weighted by atomic mass is 9.79. The maximum Gasteiger partial charge on any atom is 0.254 e. The van der Waals surface area contributed by atoms with Crippen LogP contribution < -0.4 is 14.8 Å². The second-order valence-electron chi connectivity index (χ2n) is 7.22. The highest BCUT2D eigenvalue weighted by atomic mass is 16.5. The third-order valence-electron chi connectivity index (χ3n) is 5.50. The zero-order valence-corrected chi connectivity index (χ0v) is 17.5. The number of hydrogen-bond acceptors (Lipinski definition) is 6. The molecule has 2 aromatic heterocycles. The number of ether oxygens (including phenoxy) is 2. The number of carbonyl (C=O) groups excluding carboxylic acids is 2. The van der Waals surface area contributed by atoms with E-state index in [4.69, 9.17) is 13.9 Å². The summed E-state index contributed by atoms with van der Waals surface area (Å²) in [4.78, 5) is 32.5. The predicted octanol–water partition coefficient (Wildman–Crippen LogP) is 2.92. The first-order chi connectivity index (χ1) is 15.0. The molecular weight excluding hydrogens is 398 g/mol. The summed E-state index contributed by atoms with van der Waals surface area (Å²) in [6.07, 6.45) is 4.88. The Kier molecular flexibility index (Phi) is 5.62. The van der Waals surface area contributed by atoms with Crippen LogP contribution in [0.5, 0.6) is 11.5 Å². The molecule has 1 aliphatic heterocycles. The number of furan rings is 1. The highest BCUT2D eigenvalue weighted by Gasteiger charge is 2.43. The molecule has 31 heavy (non-hydrogen) atoms. The van der Waals surface area contributed by atoms with Crippen LogP contribution >= 0.6 is 0 Å². The predicted molar refractivity (Wildman–Crippen MR) is 112 cm³/mol. The van der Waals surface area contributed by atoms with Crippen molar-refractivity contribution in [3.63, 3.8) is 0 Å².